The lowest BCUT2D eigenvalue weighted by Crippen LogP contribution is -2.40. The number of ether oxygens (including phenoxy) is 1. The minimum absolute atomic E-state index is 0.0408. The second-order valence-corrected chi connectivity index (χ2v) is 8.38. The van der Waals surface area contributed by atoms with Crippen LogP contribution in [0.4, 0.5) is 5.69 Å². The van der Waals surface area contributed by atoms with Gasteiger partial charge in [0.25, 0.3) is 0 Å². The van der Waals surface area contributed by atoms with Gasteiger partial charge in [-0.05, 0) is 43.0 Å². The molecule has 1 aromatic rings. The number of rotatable bonds is 2. The number of amides is 1. The van der Waals surface area contributed by atoms with E-state index in [1.807, 2.05) is 25.1 Å². The summed E-state index contributed by atoms with van der Waals surface area (Å²) in [6.07, 6.45) is 0.856. The van der Waals surface area contributed by atoms with Gasteiger partial charge in [-0.3, -0.25) is 9.59 Å². The molecule has 0 spiro atoms. The largest absolute Gasteiger partial charge is 0.461 e. The third-order valence-corrected chi connectivity index (χ3v) is 6.97. The number of hydrogen-bond donors (Lipinski definition) is 1. The number of benzene rings is 1. The molecular formula is C16H15Br2NO3. The van der Waals surface area contributed by atoms with Gasteiger partial charge < -0.3 is 10.1 Å². The maximum absolute atomic E-state index is 12.8. The van der Waals surface area contributed by atoms with E-state index in [0.29, 0.717) is 0 Å². The molecule has 1 aromatic carbocycles. The van der Waals surface area contributed by atoms with Crippen LogP contribution in [0.3, 0.4) is 0 Å². The number of carbonyl (C=O) groups is 2. The Morgan fingerprint density at radius 2 is 2.14 bits per heavy atom. The highest BCUT2D eigenvalue weighted by atomic mass is 79.9. The molecule has 22 heavy (non-hydrogen) atoms. The molecule has 6 heteroatoms. The number of halogens is 2. The summed E-state index contributed by atoms with van der Waals surface area (Å²) in [6, 6.07) is 5.74. The van der Waals surface area contributed by atoms with Crippen LogP contribution in [0.1, 0.15) is 12.0 Å². The number of fused-ring (bicyclic) bond motifs is 1. The van der Waals surface area contributed by atoms with Gasteiger partial charge in [0.1, 0.15) is 6.10 Å². The topological polar surface area (TPSA) is 55.4 Å². The first-order valence-electron chi connectivity index (χ1n) is 7.39. The summed E-state index contributed by atoms with van der Waals surface area (Å²) in [5, 5.41) is 3.00. The highest BCUT2D eigenvalue weighted by Gasteiger charge is 2.67. The quantitative estimate of drug-likeness (QED) is 0.581. The monoisotopic (exact) mass is 427 g/mol. The fraction of sp³-hybridized carbons (Fsp3) is 0.500. The van der Waals surface area contributed by atoms with Crippen LogP contribution in [-0.4, -0.2) is 22.8 Å². The first-order chi connectivity index (χ1) is 10.5. The second kappa shape index (κ2) is 5.06. The molecule has 2 saturated carbocycles. The number of hydrogen-bond acceptors (Lipinski definition) is 3. The number of carbonyl (C=O) groups excluding carboxylic acids is 2. The van der Waals surface area contributed by atoms with E-state index in [4.69, 9.17) is 4.74 Å². The Labute approximate surface area is 145 Å². The van der Waals surface area contributed by atoms with Gasteiger partial charge in [0.2, 0.25) is 5.91 Å². The third kappa shape index (κ3) is 1.99. The Balaban J connectivity index is 1.59. The third-order valence-electron chi connectivity index (χ3n) is 5.27. The van der Waals surface area contributed by atoms with E-state index < -0.39 is 0 Å². The highest BCUT2D eigenvalue weighted by molar-refractivity contribution is 9.10. The van der Waals surface area contributed by atoms with Crippen LogP contribution < -0.4 is 5.32 Å². The van der Waals surface area contributed by atoms with Crippen LogP contribution in [0, 0.1) is 30.6 Å². The first-order valence-corrected chi connectivity index (χ1v) is 9.10. The molecule has 3 fully saturated rings. The Hall–Kier alpha value is -0.880. The number of nitrogens with one attached hydrogen (secondary N) is 1. The van der Waals surface area contributed by atoms with Crippen LogP contribution >= 0.6 is 31.9 Å². The van der Waals surface area contributed by atoms with Crippen molar-refractivity contribution in [3.05, 3.63) is 28.2 Å². The molecular weight excluding hydrogens is 414 g/mol. The molecule has 1 aliphatic heterocycles. The number of esters is 1. The van der Waals surface area contributed by atoms with Crippen molar-refractivity contribution in [3.63, 3.8) is 0 Å². The van der Waals surface area contributed by atoms with E-state index in [2.05, 4.69) is 37.2 Å². The van der Waals surface area contributed by atoms with Gasteiger partial charge in [0.15, 0.2) is 0 Å². The smallest absolute Gasteiger partial charge is 0.310 e. The van der Waals surface area contributed by atoms with Crippen LogP contribution in [0.5, 0.6) is 0 Å². The Bertz CT molecular complexity index is 677. The van der Waals surface area contributed by atoms with Gasteiger partial charge in [0, 0.05) is 16.1 Å². The molecule has 1 heterocycles. The van der Waals surface area contributed by atoms with E-state index in [-0.39, 0.29) is 46.5 Å². The van der Waals surface area contributed by atoms with Gasteiger partial charge in [-0.15, -0.1) is 0 Å². The van der Waals surface area contributed by atoms with E-state index in [0.717, 1.165) is 22.1 Å². The summed E-state index contributed by atoms with van der Waals surface area (Å²) in [4.78, 5) is 25.0. The van der Waals surface area contributed by atoms with Crippen LogP contribution in [0.2, 0.25) is 0 Å². The summed E-state index contributed by atoms with van der Waals surface area (Å²) >= 11 is 7.05. The lowest BCUT2D eigenvalue weighted by molar-refractivity contribution is -0.145. The molecule has 1 N–H and O–H groups in total. The van der Waals surface area contributed by atoms with Gasteiger partial charge in [-0.1, -0.05) is 31.9 Å². The Morgan fingerprint density at radius 1 is 1.36 bits per heavy atom. The zero-order chi connectivity index (χ0) is 15.6. The standard InChI is InChI=1S/C16H15Br2NO3/c1-6-4-7(17)2-3-10(6)19-15(20)11-8-5-9-12(11)16(21)22-14(9)13(8)18/h2-4,8-9,11-14H,5H2,1H3,(H,19,20)/t8-,9+,11+,12-,13+,14-/m0/s1. The molecule has 1 saturated heterocycles. The number of anilines is 1. The van der Waals surface area contributed by atoms with Crippen molar-refractivity contribution in [1.29, 1.82) is 0 Å². The van der Waals surface area contributed by atoms with Crippen LogP contribution in [0.15, 0.2) is 22.7 Å². The predicted octanol–water partition coefficient (Wildman–Crippen LogP) is 3.27. The molecule has 1 amide bonds. The number of alkyl halides is 1. The van der Waals surface area contributed by atoms with Crippen LogP contribution in [-0.2, 0) is 14.3 Å². The van der Waals surface area contributed by atoms with E-state index in [9.17, 15) is 9.59 Å². The molecule has 116 valence electrons. The molecule has 4 rings (SSSR count). The summed E-state index contributed by atoms with van der Waals surface area (Å²) in [7, 11) is 0. The minimum Gasteiger partial charge on any atom is -0.461 e. The van der Waals surface area contributed by atoms with Crippen molar-refractivity contribution in [3.8, 4) is 0 Å². The van der Waals surface area contributed by atoms with Crippen molar-refractivity contribution in [2.45, 2.75) is 24.3 Å². The molecule has 2 bridgehead atoms. The lowest BCUT2D eigenvalue weighted by Gasteiger charge is -2.27. The Kier molecular flexibility index (Phi) is 3.38. The average Bonchev–Trinajstić information content (AvgIpc) is 3.06. The highest BCUT2D eigenvalue weighted by Crippen LogP contribution is 2.60. The maximum atomic E-state index is 12.8. The van der Waals surface area contributed by atoms with Crippen molar-refractivity contribution >= 4 is 49.4 Å². The van der Waals surface area contributed by atoms with E-state index >= 15 is 0 Å². The van der Waals surface area contributed by atoms with Gasteiger partial charge in [0.05, 0.1) is 16.7 Å². The molecule has 3 aliphatic rings. The van der Waals surface area contributed by atoms with Gasteiger partial charge >= 0.3 is 5.97 Å². The predicted molar refractivity (Wildman–Crippen MR) is 88.7 cm³/mol. The van der Waals surface area contributed by atoms with Crippen LogP contribution in [0.25, 0.3) is 0 Å². The molecule has 4 nitrogen and oxygen atoms in total. The molecule has 0 aromatic heterocycles. The second-order valence-electron chi connectivity index (χ2n) is 6.41. The molecule has 6 atom stereocenters. The fourth-order valence-corrected chi connectivity index (χ4v) is 5.83. The van der Waals surface area contributed by atoms with E-state index in [1.54, 1.807) is 0 Å². The zero-order valence-electron chi connectivity index (χ0n) is 11.9. The van der Waals surface area contributed by atoms with Crippen molar-refractivity contribution in [2.24, 2.45) is 23.7 Å². The SMILES string of the molecule is Cc1cc(Br)ccc1NC(=O)[C@@H]1[C@@H]2C[C@H]3[C@H](OC(=O)[C@@H]31)[C@@H]2Br. The summed E-state index contributed by atoms with van der Waals surface area (Å²) in [5.41, 5.74) is 1.79. The number of aryl methyl sites for hydroxylation is 1. The fourth-order valence-electron chi connectivity index (χ4n) is 4.31. The summed E-state index contributed by atoms with van der Waals surface area (Å²) in [5.74, 6) is -0.439. The first kappa shape index (κ1) is 14.7. The molecule has 2 aliphatic carbocycles. The average molecular weight is 429 g/mol. The summed E-state index contributed by atoms with van der Waals surface area (Å²) < 4.78 is 6.43. The van der Waals surface area contributed by atoms with Gasteiger partial charge in [-0.2, -0.15) is 0 Å². The van der Waals surface area contributed by atoms with Crippen molar-refractivity contribution in [1.82, 2.24) is 0 Å². The molecule has 0 radical (unpaired) electrons. The van der Waals surface area contributed by atoms with Crippen molar-refractivity contribution in [2.75, 3.05) is 5.32 Å². The normalized spacial score (nSPS) is 38.2. The zero-order valence-corrected chi connectivity index (χ0v) is 15.1. The Morgan fingerprint density at radius 3 is 2.86 bits per heavy atom. The van der Waals surface area contributed by atoms with Gasteiger partial charge in [-0.25, -0.2) is 0 Å². The summed E-state index contributed by atoms with van der Waals surface area (Å²) in [6.45, 7) is 1.95. The van der Waals surface area contributed by atoms with Crippen molar-refractivity contribution < 1.29 is 14.3 Å². The van der Waals surface area contributed by atoms with E-state index in [1.165, 1.54) is 0 Å². The minimum atomic E-state index is -0.288. The molecule has 0 unspecified atom stereocenters. The lowest BCUT2D eigenvalue weighted by atomic mass is 9.79. The maximum Gasteiger partial charge on any atom is 0.310 e.